The van der Waals surface area contributed by atoms with E-state index in [1.807, 2.05) is 0 Å². The number of halogens is 2. The van der Waals surface area contributed by atoms with Crippen molar-refractivity contribution >= 4 is 11.9 Å². The largest absolute Gasteiger partial charge is 0.479 e. The molecular weight excluding hydrogens is 264 g/mol. The first-order valence-corrected chi connectivity index (χ1v) is 5.14. The minimum absolute atomic E-state index is 0.00994. The summed E-state index contributed by atoms with van der Waals surface area (Å²) in [5.74, 6) is -2.38. The number of nitrogens with one attached hydrogen (secondary N) is 1. The third-order valence-electron chi connectivity index (χ3n) is 2.06. The number of hydrogen-bond donors (Lipinski definition) is 3. The van der Waals surface area contributed by atoms with Crippen molar-refractivity contribution in [3.63, 3.8) is 0 Å². The van der Waals surface area contributed by atoms with Crippen molar-refractivity contribution in [2.45, 2.75) is 12.7 Å². The van der Waals surface area contributed by atoms with Crippen LogP contribution in [-0.2, 0) is 4.79 Å². The van der Waals surface area contributed by atoms with Crippen molar-refractivity contribution < 1.29 is 33.3 Å². The van der Waals surface area contributed by atoms with Crippen LogP contribution < -0.4 is 10.1 Å². The summed E-state index contributed by atoms with van der Waals surface area (Å²) in [5.41, 5.74) is 0.00994. The highest BCUT2D eigenvalue weighted by Gasteiger charge is 2.15. The van der Waals surface area contributed by atoms with Gasteiger partial charge in [0, 0.05) is 5.56 Å². The number of rotatable bonds is 6. The van der Waals surface area contributed by atoms with Crippen molar-refractivity contribution in [1.82, 2.24) is 5.32 Å². The predicted octanol–water partition coefficient (Wildman–Crippen LogP) is 0.463. The second-order valence-corrected chi connectivity index (χ2v) is 3.47. The van der Waals surface area contributed by atoms with E-state index in [-0.39, 0.29) is 11.3 Å². The molecule has 1 rings (SSSR count). The van der Waals surface area contributed by atoms with Gasteiger partial charge in [-0.1, -0.05) is 6.07 Å². The molecular formula is C11H11F2NO5. The number of benzene rings is 1. The molecule has 0 fully saturated rings. The third kappa shape index (κ3) is 4.88. The number of aliphatic hydroxyl groups is 1. The van der Waals surface area contributed by atoms with Crippen LogP contribution in [0.5, 0.6) is 5.75 Å². The molecule has 0 radical (unpaired) electrons. The fourth-order valence-electron chi connectivity index (χ4n) is 1.19. The number of aliphatic hydroxyl groups excluding tert-OH is 1. The molecule has 0 heterocycles. The summed E-state index contributed by atoms with van der Waals surface area (Å²) in [6.07, 6.45) is -1.73. The molecule has 1 amide bonds. The number of carboxylic acid groups (broad SMARTS) is 1. The number of ether oxygens (including phenoxy) is 1. The van der Waals surface area contributed by atoms with Gasteiger partial charge in [-0.05, 0) is 18.2 Å². The lowest BCUT2D eigenvalue weighted by atomic mass is 10.2. The van der Waals surface area contributed by atoms with Crippen molar-refractivity contribution in [1.29, 1.82) is 0 Å². The SMILES string of the molecule is O=C(NC[C@H](O)C(=O)O)c1cccc(OC(F)F)c1. The van der Waals surface area contributed by atoms with Crippen LogP contribution >= 0.6 is 0 Å². The molecule has 0 aliphatic heterocycles. The Morgan fingerprint density at radius 1 is 1.37 bits per heavy atom. The van der Waals surface area contributed by atoms with Gasteiger partial charge in [-0.3, -0.25) is 4.79 Å². The van der Waals surface area contributed by atoms with Gasteiger partial charge < -0.3 is 20.3 Å². The van der Waals surface area contributed by atoms with Crippen molar-refractivity contribution in [3.05, 3.63) is 29.8 Å². The number of carboxylic acids is 1. The number of carbonyl (C=O) groups excluding carboxylic acids is 1. The summed E-state index contributed by atoms with van der Waals surface area (Å²) < 4.78 is 28.1. The van der Waals surface area contributed by atoms with E-state index >= 15 is 0 Å². The highest BCUT2D eigenvalue weighted by molar-refractivity contribution is 5.94. The van der Waals surface area contributed by atoms with Gasteiger partial charge in [0.25, 0.3) is 5.91 Å². The first-order chi connectivity index (χ1) is 8.90. The molecule has 0 aliphatic rings. The molecule has 3 N–H and O–H groups in total. The molecule has 8 heteroatoms. The Labute approximate surface area is 106 Å². The van der Waals surface area contributed by atoms with Gasteiger partial charge in [0.1, 0.15) is 5.75 Å². The van der Waals surface area contributed by atoms with Gasteiger partial charge in [0.05, 0.1) is 6.54 Å². The predicted molar refractivity (Wildman–Crippen MR) is 59.0 cm³/mol. The number of hydrogen-bond acceptors (Lipinski definition) is 4. The van der Waals surface area contributed by atoms with Crippen LogP contribution in [-0.4, -0.2) is 41.3 Å². The first-order valence-electron chi connectivity index (χ1n) is 5.14. The molecule has 1 aromatic carbocycles. The molecule has 0 aromatic heterocycles. The highest BCUT2D eigenvalue weighted by atomic mass is 19.3. The van der Waals surface area contributed by atoms with Crippen molar-refractivity contribution in [3.8, 4) is 5.75 Å². The Balaban J connectivity index is 2.64. The van der Waals surface area contributed by atoms with Crippen LogP contribution in [0, 0.1) is 0 Å². The van der Waals surface area contributed by atoms with Crippen LogP contribution in [0.15, 0.2) is 24.3 Å². The van der Waals surface area contributed by atoms with Crippen molar-refractivity contribution in [2.24, 2.45) is 0 Å². The van der Waals surface area contributed by atoms with Crippen LogP contribution in [0.3, 0.4) is 0 Å². The maximum atomic E-state index is 12.0. The molecule has 6 nitrogen and oxygen atoms in total. The molecule has 0 aliphatic carbocycles. The third-order valence-corrected chi connectivity index (χ3v) is 2.06. The number of aliphatic carboxylic acids is 1. The van der Waals surface area contributed by atoms with Gasteiger partial charge in [0.2, 0.25) is 0 Å². The maximum absolute atomic E-state index is 12.0. The lowest BCUT2D eigenvalue weighted by Crippen LogP contribution is -2.36. The molecule has 104 valence electrons. The zero-order valence-electron chi connectivity index (χ0n) is 9.55. The smallest absolute Gasteiger partial charge is 0.387 e. The Kier molecular flexibility index (Phi) is 5.19. The van der Waals surface area contributed by atoms with Crippen LogP contribution in [0.4, 0.5) is 8.78 Å². The summed E-state index contributed by atoms with van der Waals surface area (Å²) >= 11 is 0. The van der Waals surface area contributed by atoms with Crippen LogP contribution in [0.2, 0.25) is 0 Å². The highest BCUT2D eigenvalue weighted by Crippen LogP contribution is 2.15. The van der Waals surface area contributed by atoms with Crippen molar-refractivity contribution in [2.75, 3.05) is 6.54 Å². The topological polar surface area (TPSA) is 95.9 Å². The maximum Gasteiger partial charge on any atom is 0.387 e. The Bertz CT molecular complexity index is 466. The zero-order chi connectivity index (χ0) is 14.4. The monoisotopic (exact) mass is 275 g/mol. The fraction of sp³-hybridized carbons (Fsp3) is 0.273. The van der Waals surface area contributed by atoms with E-state index in [0.29, 0.717) is 0 Å². The van der Waals surface area contributed by atoms with E-state index in [4.69, 9.17) is 10.2 Å². The average Bonchev–Trinajstić information content (AvgIpc) is 2.34. The molecule has 0 spiro atoms. The van der Waals surface area contributed by atoms with Crippen LogP contribution in [0.1, 0.15) is 10.4 Å². The summed E-state index contributed by atoms with van der Waals surface area (Å²) in [6, 6.07) is 4.99. The second-order valence-electron chi connectivity index (χ2n) is 3.47. The lowest BCUT2D eigenvalue weighted by molar-refractivity contribution is -0.146. The van der Waals surface area contributed by atoms with E-state index in [1.54, 1.807) is 0 Å². The Hall–Kier alpha value is -2.22. The van der Waals surface area contributed by atoms with Gasteiger partial charge in [0.15, 0.2) is 6.10 Å². The number of carbonyl (C=O) groups is 2. The zero-order valence-corrected chi connectivity index (χ0v) is 9.55. The molecule has 0 saturated heterocycles. The van der Waals surface area contributed by atoms with E-state index in [2.05, 4.69) is 10.1 Å². The van der Waals surface area contributed by atoms with E-state index in [1.165, 1.54) is 18.2 Å². The molecule has 0 bridgehead atoms. The average molecular weight is 275 g/mol. The van der Waals surface area contributed by atoms with E-state index < -0.39 is 31.1 Å². The second kappa shape index (κ2) is 6.64. The standard InChI is InChI=1S/C11H11F2NO5/c12-11(13)19-7-3-1-2-6(4-7)9(16)14-5-8(15)10(17)18/h1-4,8,11,15H,5H2,(H,14,16)(H,17,18)/t8-/m0/s1. The Morgan fingerprint density at radius 3 is 2.63 bits per heavy atom. The van der Waals surface area contributed by atoms with Gasteiger partial charge in [-0.2, -0.15) is 8.78 Å². The summed E-state index contributed by atoms with van der Waals surface area (Å²) in [5, 5.41) is 19.5. The first kappa shape index (κ1) is 14.8. The van der Waals surface area contributed by atoms with Gasteiger partial charge in [-0.25, -0.2) is 4.79 Å². The normalized spacial score (nSPS) is 12.0. The van der Waals surface area contributed by atoms with Crippen LogP contribution in [0.25, 0.3) is 0 Å². The summed E-state index contributed by atoms with van der Waals surface area (Å²) in [4.78, 5) is 21.9. The van der Waals surface area contributed by atoms with Gasteiger partial charge >= 0.3 is 12.6 Å². The van der Waals surface area contributed by atoms with E-state index in [0.717, 1.165) is 6.07 Å². The summed E-state index contributed by atoms with van der Waals surface area (Å²) in [7, 11) is 0. The minimum atomic E-state index is -3.01. The fourth-order valence-corrected chi connectivity index (χ4v) is 1.19. The number of alkyl halides is 2. The quantitative estimate of drug-likeness (QED) is 0.701. The van der Waals surface area contributed by atoms with E-state index in [9.17, 15) is 18.4 Å². The van der Waals surface area contributed by atoms with Gasteiger partial charge in [-0.15, -0.1) is 0 Å². The lowest BCUT2D eigenvalue weighted by Gasteiger charge is -2.09. The molecule has 1 aromatic rings. The molecule has 0 saturated carbocycles. The molecule has 19 heavy (non-hydrogen) atoms. The number of amides is 1. The molecule has 1 atom stereocenters. The molecule has 0 unspecified atom stereocenters. The Morgan fingerprint density at radius 2 is 2.05 bits per heavy atom. The minimum Gasteiger partial charge on any atom is -0.479 e. The summed E-state index contributed by atoms with van der Waals surface area (Å²) in [6.45, 7) is -3.50.